The van der Waals surface area contributed by atoms with Crippen LogP contribution in [0.2, 0.25) is 0 Å². The molecule has 0 spiro atoms. The zero-order valence-electron chi connectivity index (χ0n) is 17.3. The van der Waals surface area contributed by atoms with Crippen molar-refractivity contribution in [3.05, 3.63) is 0 Å². The minimum absolute atomic E-state index is 0.0198. The van der Waals surface area contributed by atoms with Gasteiger partial charge in [-0.2, -0.15) is 0 Å². The first-order chi connectivity index (χ1) is 13.9. The van der Waals surface area contributed by atoms with Crippen LogP contribution in [0.3, 0.4) is 0 Å². The van der Waals surface area contributed by atoms with Crippen molar-refractivity contribution in [2.45, 2.75) is 38.3 Å². The van der Waals surface area contributed by atoms with Crippen LogP contribution in [0.5, 0.6) is 0 Å². The highest BCUT2D eigenvalue weighted by Gasteiger charge is 2.26. The third kappa shape index (κ3) is 17.1. The maximum Gasteiger partial charge on any atom is 0.407 e. The van der Waals surface area contributed by atoms with Crippen molar-refractivity contribution < 1.29 is 38.7 Å². The molecule has 0 aromatic rings. The summed E-state index contributed by atoms with van der Waals surface area (Å²) in [4.78, 5) is 22.2. The lowest BCUT2D eigenvalue weighted by Gasteiger charge is -2.34. The van der Waals surface area contributed by atoms with E-state index in [1.54, 1.807) is 0 Å². The van der Waals surface area contributed by atoms with Crippen molar-refractivity contribution in [2.75, 3.05) is 65.9 Å². The summed E-state index contributed by atoms with van der Waals surface area (Å²) >= 11 is 0. The number of hydrogen-bond donors (Lipinski definition) is 4. The summed E-state index contributed by atoms with van der Waals surface area (Å²) in [7, 11) is 0. The van der Waals surface area contributed by atoms with Gasteiger partial charge in [-0.25, -0.2) is 4.79 Å². The first-order valence-electron chi connectivity index (χ1n) is 9.86. The Hall–Kier alpha value is -1.50. The maximum atomic E-state index is 10.6. The average molecular weight is 424 g/mol. The number of nitrogens with zero attached hydrogens (tertiary/aromatic N) is 1. The van der Waals surface area contributed by atoms with Crippen LogP contribution < -0.4 is 11.5 Å². The summed E-state index contributed by atoms with van der Waals surface area (Å²) in [6, 6.07) is 0.261. The second-order valence-corrected chi connectivity index (χ2v) is 6.49. The van der Waals surface area contributed by atoms with E-state index in [1.807, 2.05) is 6.92 Å². The average Bonchev–Trinajstić information content (AvgIpc) is 2.65. The summed E-state index contributed by atoms with van der Waals surface area (Å²) in [5.41, 5.74) is 10.9. The monoisotopic (exact) mass is 423 g/mol. The Kier molecular flexibility index (Phi) is 17.6. The SMILES string of the molecule is CC1CC(N)CCN1C(=O)O.NCCOCCOCCOCCOCCC(=O)O. The molecule has 11 heteroatoms. The molecule has 11 nitrogen and oxygen atoms in total. The van der Waals surface area contributed by atoms with Crippen LogP contribution in [0.1, 0.15) is 26.2 Å². The first-order valence-corrected chi connectivity index (χ1v) is 9.86. The van der Waals surface area contributed by atoms with Crippen LogP contribution >= 0.6 is 0 Å². The lowest BCUT2D eigenvalue weighted by Crippen LogP contribution is -2.47. The van der Waals surface area contributed by atoms with Gasteiger partial charge in [-0.1, -0.05) is 0 Å². The van der Waals surface area contributed by atoms with E-state index in [9.17, 15) is 9.59 Å². The molecule has 172 valence electrons. The van der Waals surface area contributed by atoms with Gasteiger partial charge in [0.25, 0.3) is 0 Å². The number of nitrogens with two attached hydrogens (primary N) is 2. The Morgan fingerprint density at radius 1 is 0.931 bits per heavy atom. The zero-order valence-corrected chi connectivity index (χ0v) is 17.3. The number of ether oxygens (including phenoxy) is 4. The molecule has 1 aliphatic rings. The van der Waals surface area contributed by atoms with Crippen molar-refractivity contribution in [3.63, 3.8) is 0 Å². The fraction of sp³-hybridized carbons (Fsp3) is 0.889. The summed E-state index contributed by atoms with van der Waals surface area (Å²) in [6.45, 7) is 6.64. The van der Waals surface area contributed by atoms with Crippen molar-refractivity contribution in [3.8, 4) is 0 Å². The standard InChI is InChI=1S/C11H23NO6.C7H14N2O2/c12-2-4-16-6-8-18-10-9-17-7-5-15-3-1-11(13)14;1-5-4-6(8)2-3-9(5)7(10)11/h1-10,12H2,(H,13,14);5-6H,2-4,8H2,1H3,(H,10,11). The summed E-state index contributed by atoms with van der Waals surface area (Å²) in [6.07, 6.45) is 0.763. The third-order valence-corrected chi connectivity index (χ3v) is 4.00. The normalized spacial score (nSPS) is 18.8. The largest absolute Gasteiger partial charge is 0.481 e. The highest BCUT2D eigenvalue weighted by atomic mass is 16.6. The van der Waals surface area contributed by atoms with Gasteiger partial charge >= 0.3 is 12.1 Å². The van der Waals surface area contributed by atoms with Crippen LogP contribution in [-0.4, -0.2) is 105 Å². The zero-order chi connectivity index (χ0) is 21.9. The molecule has 1 amide bonds. The number of carboxylic acid groups (broad SMARTS) is 2. The molecule has 0 aliphatic carbocycles. The van der Waals surface area contributed by atoms with Gasteiger partial charge in [-0.3, -0.25) is 4.79 Å². The van der Waals surface area contributed by atoms with Gasteiger partial charge < -0.3 is 45.5 Å². The molecule has 0 radical (unpaired) electrons. The van der Waals surface area contributed by atoms with E-state index in [0.717, 1.165) is 12.8 Å². The molecule has 1 rings (SSSR count). The van der Waals surface area contributed by atoms with Crippen molar-refractivity contribution in [1.82, 2.24) is 4.90 Å². The van der Waals surface area contributed by atoms with Gasteiger partial charge in [0.15, 0.2) is 0 Å². The molecule has 0 aromatic heterocycles. The topological polar surface area (TPSA) is 167 Å². The first kappa shape index (κ1) is 27.5. The van der Waals surface area contributed by atoms with Crippen LogP contribution in [0.15, 0.2) is 0 Å². The number of amides is 1. The van der Waals surface area contributed by atoms with Gasteiger partial charge in [-0.15, -0.1) is 0 Å². The third-order valence-electron chi connectivity index (χ3n) is 4.00. The molecule has 1 heterocycles. The Morgan fingerprint density at radius 2 is 1.41 bits per heavy atom. The van der Waals surface area contributed by atoms with Crippen molar-refractivity contribution in [2.24, 2.45) is 11.5 Å². The predicted octanol–water partition coefficient (Wildman–Crippen LogP) is -0.0378. The predicted molar refractivity (Wildman–Crippen MR) is 106 cm³/mol. The van der Waals surface area contributed by atoms with Crippen LogP contribution in [0.4, 0.5) is 4.79 Å². The Balaban J connectivity index is 0.000000604. The van der Waals surface area contributed by atoms with Gasteiger partial charge in [0.2, 0.25) is 0 Å². The quantitative estimate of drug-likeness (QED) is 0.278. The highest BCUT2D eigenvalue weighted by Crippen LogP contribution is 2.15. The molecule has 1 saturated heterocycles. The minimum Gasteiger partial charge on any atom is -0.481 e. The number of hydrogen-bond acceptors (Lipinski definition) is 8. The van der Waals surface area contributed by atoms with Gasteiger partial charge in [0, 0.05) is 25.2 Å². The fourth-order valence-corrected chi connectivity index (χ4v) is 2.50. The molecular formula is C18H37N3O8. The molecule has 0 bridgehead atoms. The lowest BCUT2D eigenvalue weighted by molar-refractivity contribution is -0.138. The number of aliphatic carboxylic acids is 1. The molecule has 2 unspecified atom stereocenters. The van der Waals surface area contributed by atoms with Crippen LogP contribution in [0, 0.1) is 0 Å². The maximum absolute atomic E-state index is 10.6. The number of likely N-dealkylation sites (tertiary alicyclic amines) is 1. The fourth-order valence-electron chi connectivity index (χ4n) is 2.50. The van der Waals surface area contributed by atoms with E-state index in [-0.39, 0.29) is 25.1 Å². The second-order valence-electron chi connectivity index (χ2n) is 6.49. The molecule has 1 aliphatic heterocycles. The van der Waals surface area contributed by atoms with Gasteiger partial charge in [0.05, 0.1) is 59.3 Å². The Bertz CT molecular complexity index is 428. The van der Waals surface area contributed by atoms with Crippen LogP contribution in [-0.2, 0) is 23.7 Å². The molecule has 29 heavy (non-hydrogen) atoms. The number of rotatable bonds is 14. The summed E-state index contributed by atoms with van der Waals surface area (Å²) < 4.78 is 20.6. The van der Waals surface area contributed by atoms with E-state index in [4.69, 9.17) is 40.6 Å². The minimum atomic E-state index is -0.860. The Morgan fingerprint density at radius 3 is 1.83 bits per heavy atom. The summed E-state index contributed by atoms with van der Waals surface area (Å²) in [5.74, 6) is -0.860. The van der Waals surface area contributed by atoms with E-state index < -0.39 is 12.1 Å². The second kappa shape index (κ2) is 18.5. The van der Waals surface area contributed by atoms with Crippen LogP contribution in [0.25, 0.3) is 0 Å². The van der Waals surface area contributed by atoms with E-state index in [2.05, 4.69) is 0 Å². The molecular weight excluding hydrogens is 386 g/mol. The van der Waals surface area contributed by atoms with E-state index in [1.165, 1.54) is 4.90 Å². The van der Waals surface area contributed by atoms with E-state index in [0.29, 0.717) is 59.3 Å². The molecule has 0 aromatic carbocycles. The molecule has 1 fully saturated rings. The number of carboxylic acids is 1. The number of carbonyl (C=O) groups is 2. The smallest absolute Gasteiger partial charge is 0.407 e. The van der Waals surface area contributed by atoms with Crippen molar-refractivity contribution in [1.29, 1.82) is 0 Å². The molecule has 2 atom stereocenters. The highest BCUT2D eigenvalue weighted by molar-refractivity contribution is 5.66. The van der Waals surface area contributed by atoms with E-state index >= 15 is 0 Å². The lowest BCUT2D eigenvalue weighted by atomic mass is 10.00. The van der Waals surface area contributed by atoms with Gasteiger partial charge in [-0.05, 0) is 19.8 Å². The number of piperidine rings is 1. The van der Waals surface area contributed by atoms with Crippen molar-refractivity contribution >= 4 is 12.1 Å². The summed E-state index contributed by atoms with van der Waals surface area (Å²) in [5, 5.41) is 17.0. The molecule has 6 N–H and O–H groups in total. The molecule has 0 saturated carbocycles. The van der Waals surface area contributed by atoms with Gasteiger partial charge in [0.1, 0.15) is 0 Å². The Labute approximate surface area is 172 Å².